The third kappa shape index (κ3) is 3.86. The highest BCUT2D eigenvalue weighted by Crippen LogP contribution is 2.32. The Labute approximate surface area is 121 Å². The molecule has 1 unspecified atom stereocenters. The normalized spacial score (nSPS) is 20.3. The van der Waals surface area contributed by atoms with Gasteiger partial charge in [0.15, 0.2) is 0 Å². The van der Waals surface area contributed by atoms with Crippen molar-refractivity contribution in [3.05, 3.63) is 24.0 Å². The molecule has 0 amide bonds. The maximum atomic E-state index is 4.61. The van der Waals surface area contributed by atoms with Crippen molar-refractivity contribution >= 4 is 17.4 Å². The molecular formula is C15H25N3S. The smallest absolute Gasteiger partial charge is 0.0572 e. The first kappa shape index (κ1) is 14.7. The zero-order valence-electron chi connectivity index (χ0n) is 12.4. The SMILES string of the molecule is CCNC(C)c1ccc(N2CCSC(C)(C)C2)cn1. The van der Waals surface area contributed by atoms with Gasteiger partial charge < -0.3 is 10.2 Å². The van der Waals surface area contributed by atoms with Crippen LogP contribution in [-0.2, 0) is 0 Å². The minimum Gasteiger partial charge on any atom is -0.368 e. The Bertz CT molecular complexity index is 402. The van der Waals surface area contributed by atoms with Crippen LogP contribution in [0.5, 0.6) is 0 Å². The zero-order chi connectivity index (χ0) is 13.9. The molecule has 1 atom stereocenters. The molecule has 1 aliphatic heterocycles. The molecule has 2 rings (SSSR count). The van der Waals surface area contributed by atoms with Crippen molar-refractivity contribution in [1.82, 2.24) is 10.3 Å². The van der Waals surface area contributed by atoms with Crippen molar-refractivity contribution in [2.24, 2.45) is 0 Å². The molecule has 0 saturated carbocycles. The number of nitrogens with zero attached hydrogens (tertiary/aromatic N) is 2. The van der Waals surface area contributed by atoms with Crippen LogP contribution in [-0.4, -0.2) is 35.1 Å². The van der Waals surface area contributed by atoms with E-state index in [0.29, 0.717) is 10.8 Å². The van der Waals surface area contributed by atoms with E-state index in [-0.39, 0.29) is 0 Å². The minimum atomic E-state index is 0.326. The molecule has 0 aliphatic carbocycles. The van der Waals surface area contributed by atoms with Gasteiger partial charge in [-0.3, -0.25) is 4.98 Å². The zero-order valence-corrected chi connectivity index (χ0v) is 13.3. The van der Waals surface area contributed by atoms with Crippen molar-refractivity contribution in [3.8, 4) is 0 Å². The van der Waals surface area contributed by atoms with Gasteiger partial charge in [0.1, 0.15) is 0 Å². The minimum absolute atomic E-state index is 0.326. The van der Waals surface area contributed by atoms with E-state index in [0.717, 1.165) is 25.3 Å². The third-order valence-electron chi connectivity index (χ3n) is 3.52. The van der Waals surface area contributed by atoms with Crippen LogP contribution >= 0.6 is 11.8 Å². The number of aromatic nitrogens is 1. The van der Waals surface area contributed by atoms with E-state index in [2.05, 4.69) is 66.8 Å². The van der Waals surface area contributed by atoms with Gasteiger partial charge in [0, 0.05) is 29.6 Å². The molecular weight excluding hydrogens is 254 g/mol. The van der Waals surface area contributed by atoms with Crippen LogP contribution in [0.25, 0.3) is 0 Å². The third-order valence-corrected chi connectivity index (χ3v) is 4.81. The van der Waals surface area contributed by atoms with E-state index in [1.807, 2.05) is 6.20 Å². The topological polar surface area (TPSA) is 28.2 Å². The van der Waals surface area contributed by atoms with Gasteiger partial charge in [-0.25, -0.2) is 0 Å². The lowest BCUT2D eigenvalue weighted by Crippen LogP contribution is -2.43. The highest BCUT2D eigenvalue weighted by atomic mass is 32.2. The summed E-state index contributed by atoms with van der Waals surface area (Å²) in [7, 11) is 0. The summed E-state index contributed by atoms with van der Waals surface area (Å²) in [6.07, 6.45) is 2.02. The first-order chi connectivity index (χ1) is 9.02. The number of hydrogen-bond donors (Lipinski definition) is 1. The summed E-state index contributed by atoms with van der Waals surface area (Å²) in [5.74, 6) is 1.20. The first-order valence-corrected chi connectivity index (χ1v) is 8.08. The number of thioether (sulfide) groups is 1. The van der Waals surface area contributed by atoms with Crippen LogP contribution < -0.4 is 10.2 Å². The van der Waals surface area contributed by atoms with Gasteiger partial charge in [0.05, 0.1) is 17.6 Å². The molecule has 1 aromatic rings. The Morgan fingerprint density at radius 2 is 2.26 bits per heavy atom. The van der Waals surface area contributed by atoms with E-state index < -0.39 is 0 Å². The summed E-state index contributed by atoms with van der Waals surface area (Å²) in [6.45, 7) is 12.1. The van der Waals surface area contributed by atoms with Crippen molar-refractivity contribution in [2.45, 2.75) is 38.5 Å². The fourth-order valence-corrected chi connectivity index (χ4v) is 3.60. The molecule has 0 aromatic carbocycles. The lowest BCUT2D eigenvalue weighted by molar-refractivity contribution is 0.582. The molecule has 0 radical (unpaired) electrons. The molecule has 106 valence electrons. The van der Waals surface area contributed by atoms with Gasteiger partial charge in [-0.1, -0.05) is 6.92 Å². The number of hydrogen-bond acceptors (Lipinski definition) is 4. The van der Waals surface area contributed by atoms with Crippen LogP contribution in [0.15, 0.2) is 18.3 Å². The Kier molecular flexibility index (Phi) is 4.74. The van der Waals surface area contributed by atoms with Gasteiger partial charge in [-0.05, 0) is 39.4 Å². The summed E-state index contributed by atoms with van der Waals surface area (Å²) in [6, 6.07) is 4.69. The maximum absolute atomic E-state index is 4.61. The predicted molar refractivity (Wildman–Crippen MR) is 85.1 cm³/mol. The molecule has 3 nitrogen and oxygen atoms in total. The fraction of sp³-hybridized carbons (Fsp3) is 0.667. The van der Waals surface area contributed by atoms with E-state index in [4.69, 9.17) is 0 Å². The summed E-state index contributed by atoms with van der Waals surface area (Å²) in [4.78, 5) is 7.06. The van der Waals surface area contributed by atoms with E-state index in [1.54, 1.807) is 0 Å². The molecule has 4 heteroatoms. The van der Waals surface area contributed by atoms with Crippen LogP contribution in [0.2, 0.25) is 0 Å². The van der Waals surface area contributed by atoms with Crippen molar-refractivity contribution in [2.75, 3.05) is 30.3 Å². The largest absolute Gasteiger partial charge is 0.368 e. The first-order valence-electron chi connectivity index (χ1n) is 7.10. The van der Waals surface area contributed by atoms with Gasteiger partial charge in [0.2, 0.25) is 0 Å². The second-order valence-corrected chi connectivity index (χ2v) is 7.55. The van der Waals surface area contributed by atoms with E-state index in [9.17, 15) is 0 Å². The van der Waals surface area contributed by atoms with Crippen LogP contribution in [0.4, 0.5) is 5.69 Å². The second-order valence-electron chi connectivity index (χ2n) is 5.75. The van der Waals surface area contributed by atoms with Crippen molar-refractivity contribution in [3.63, 3.8) is 0 Å². The lowest BCUT2D eigenvalue weighted by Gasteiger charge is -2.38. The fourth-order valence-electron chi connectivity index (χ4n) is 2.49. The lowest BCUT2D eigenvalue weighted by atomic mass is 10.1. The number of anilines is 1. The predicted octanol–water partition coefficient (Wildman–Crippen LogP) is 3.08. The molecule has 1 aromatic heterocycles. The quantitative estimate of drug-likeness (QED) is 0.917. The summed E-state index contributed by atoms with van der Waals surface area (Å²) >= 11 is 2.06. The highest BCUT2D eigenvalue weighted by Gasteiger charge is 2.27. The Morgan fingerprint density at radius 3 is 2.84 bits per heavy atom. The van der Waals surface area contributed by atoms with Crippen molar-refractivity contribution in [1.29, 1.82) is 0 Å². The van der Waals surface area contributed by atoms with Gasteiger partial charge in [0.25, 0.3) is 0 Å². The average Bonchev–Trinajstić information content (AvgIpc) is 2.38. The maximum Gasteiger partial charge on any atom is 0.0572 e. The summed E-state index contributed by atoms with van der Waals surface area (Å²) in [5.41, 5.74) is 2.37. The number of pyridine rings is 1. The molecule has 1 saturated heterocycles. The molecule has 1 fully saturated rings. The number of nitrogens with one attached hydrogen (secondary N) is 1. The van der Waals surface area contributed by atoms with Crippen molar-refractivity contribution < 1.29 is 0 Å². The molecule has 1 aliphatic rings. The van der Waals surface area contributed by atoms with Crippen LogP contribution in [0.1, 0.15) is 39.4 Å². The van der Waals surface area contributed by atoms with E-state index >= 15 is 0 Å². The molecule has 0 spiro atoms. The molecule has 2 heterocycles. The average molecular weight is 279 g/mol. The standard InChI is InChI=1S/C15H25N3S/c1-5-16-12(2)14-7-6-13(10-17-14)18-8-9-19-15(3,4)11-18/h6-7,10,12,16H,5,8-9,11H2,1-4H3. The molecule has 0 bridgehead atoms. The van der Waals surface area contributed by atoms with Gasteiger partial charge in [-0.15, -0.1) is 0 Å². The van der Waals surface area contributed by atoms with Crippen LogP contribution in [0.3, 0.4) is 0 Å². The molecule has 1 N–H and O–H groups in total. The highest BCUT2D eigenvalue weighted by molar-refractivity contribution is 8.00. The summed E-state index contributed by atoms with van der Waals surface area (Å²) < 4.78 is 0.341. The Hall–Kier alpha value is -0.740. The Morgan fingerprint density at radius 1 is 1.47 bits per heavy atom. The van der Waals surface area contributed by atoms with E-state index in [1.165, 1.54) is 11.4 Å². The Balaban J connectivity index is 2.05. The summed E-state index contributed by atoms with van der Waals surface area (Å²) in [5, 5.41) is 3.39. The number of rotatable bonds is 4. The van der Waals surface area contributed by atoms with Gasteiger partial charge >= 0.3 is 0 Å². The monoisotopic (exact) mass is 279 g/mol. The second kappa shape index (κ2) is 6.14. The van der Waals surface area contributed by atoms with Crippen LogP contribution in [0, 0.1) is 0 Å². The molecule has 19 heavy (non-hydrogen) atoms. The van der Waals surface area contributed by atoms with Gasteiger partial charge in [-0.2, -0.15) is 11.8 Å².